The highest BCUT2D eigenvalue weighted by molar-refractivity contribution is 6.42. The van der Waals surface area contributed by atoms with E-state index < -0.39 is 10.8 Å². The Morgan fingerprint density at radius 1 is 1.18 bits per heavy atom. The molecule has 0 radical (unpaired) electrons. The maximum absolute atomic E-state index is 12.0. The van der Waals surface area contributed by atoms with Crippen molar-refractivity contribution in [1.29, 1.82) is 0 Å². The Balaban J connectivity index is 1.61. The number of carbonyl (C=O) groups excluding carboxylic acids is 1. The fourth-order valence-electron chi connectivity index (χ4n) is 2.42. The molecular weight excluding hydrogens is 403 g/mol. The fourth-order valence-corrected chi connectivity index (χ4v) is 2.74. The van der Waals surface area contributed by atoms with Crippen molar-refractivity contribution in [1.82, 2.24) is 9.78 Å². The minimum atomic E-state index is -0.488. The van der Waals surface area contributed by atoms with Gasteiger partial charge in [-0.2, -0.15) is 5.10 Å². The Kier molecular flexibility index (Phi) is 6.08. The largest absolute Gasteiger partial charge is 0.306 e. The van der Waals surface area contributed by atoms with Crippen LogP contribution in [-0.4, -0.2) is 20.6 Å². The van der Waals surface area contributed by atoms with Gasteiger partial charge in [0.1, 0.15) is 0 Å². The smallest absolute Gasteiger partial charge is 0.270 e. The molecule has 1 N–H and O–H groups in total. The number of anilines is 1. The van der Waals surface area contributed by atoms with Gasteiger partial charge < -0.3 is 5.32 Å². The Hall–Kier alpha value is -3.16. The molecular formula is C19H14Cl2N4O3. The molecule has 1 aromatic heterocycles. The lowest BCUT2D eigenvalue weighted by atomic mass is 10.2. The molecule has 0 saturated carbocycles. The molecule has 0 bridgehead atoms. The van der Waals surface area contributed by atoms with Gasteiger partial charge >= 0.3 is 0 Å². The molecule has 1 heterocycles. The maximum Gasteiger partial charge on any atom is 0.270 e. The zero-order valence-electron chi connectivity index (χ0n) is 14.4. The van der Waals surface area contributed by atoms with Crippen molar-refractivity contribution in [3.63, 3.8) is 0 Å². The second kappa shape index (κ2) is 8.69. The second-order valence-corrected chi connectivity index (χ2v) is 6.64. The number of halogens is 2. The molecule has 7 nitrogen and oxygen atoms in total. The third-order valence-electron chi connectivity index (χ3n) is 3.73. The average molecular weight is 417 g/mol. The van der Waals surface area contributed by atoms with Crippen LogP contribution < -0.4 is 5.32 Å². The van der Waals surface area contributed by atoms with E-state index in [-0.39, 0.29) is 5.69 Å². The molecule has 0 aliphatic carbocycles. The van der Waals surface area contributed by atoms with Crippen LogP contribution in [0.2, 0.25) is 10.0 Å². The number of nitrogens with one attached hydrogen (secondary N) is 1. The first-order chi connectivity index (χ1) is 13.4. The van der Waals surface area contributed by atoms with Gasteiger partial charge in [0, 0.05) is 30.5 Å². The normalized spacial score (nSPS) is 10.9. The molecule has 0 aliphatic heterocycles. The first-order valence-corrected chi connectivity index (χ1v) is 8.87. The summed E-state index contributed by atoms with van der Waals surface area (Å²) in [6, 6.07) is 13.0. The van der Waals surface area contributed by atoms with E-state index in [1.807, 2.05) is 6.07 Å². The molecule has 0 saturated heterocycles. The van der Waals surface area contributed by atoms with Crippen LogP contribution in [0.3, 0.4) is 0 Å². The summed E-state index contributed by atoms with van der Waals surface area (Å²) in [6.07, 6.45) is 4.51. The van der Waals surface area contributed by atoms with Crippen molar-refractivity contribution in [2.24, 2.45) is 0 Å². The van der Waals surface area contributed by atoms with Crippen molar-refractivity contribution < 1.29 is 9.72 Å². The van der Waals surface area contributed by atoms with Crippen LogP contribution in [0, 0.1) is 10.1 Å². The average Bonchev–Trinajstić information content (AvgIpc) is 3.10. The topological polar surface area (TPSA) is 90.1 Å². The summed E-state index contributed by atoms with van der Waals surface area (Å²) in [5.41, 5.74) is 1.43. The zero-order valence-corrected chi connectivity index (χ0v) is 15.9. The van der Waals surface area contributed by atoms with E-state index in [1.54, 1.807) is 41.2 Å². The molecule has 3 rings (SSSR count). The lowest BCUT2D eigenvalue weighted by Crippen LogP contribution is -2.09. The number of benzene rings is 2. The molecule has 0 fully saturated rings. The molecule has 9 heteroatoms. The first-order valence-electron chi connectivity index (χ1n) is 8.11. The number of nitrogens with zero attached hydrogens (tertiary/aromatic N) is 3. The SMILES string of the molecule is O=C(/C=C/c1cccc([N+](=O)[O-])c1)Nc1ccn(Cc2ccc(Cl)c(Cl)c2)n1. The van der Waals surface area contributed by atoms with Crippen molar-refractivity contribution in [3.8, 4) is 0 Å². The van der Waals surface area contributed by atoms with Crippen molar-refractivity contribution in [3.05, 3.63) is 92.1 Å². The summed E-state index contributed by atoms with van der Waals surface area (Å²) in [4.78, 5) is 22.3. The summed E-state index contributed by atoms with van der Waals surface area (Å²) < 4.78 is 1.65. The highest BCUT2D eigenvalue weighted by Crippen LogP contribution is 2.23. The number of non-ortho nitro benzene ring substituents is 1. The number of nitro benzene ring substituents is 1. The Morgan fingerprint density at radius 2 is 2.00 bits per heavy atom. The lowest BCUT2D eigenvalue weighted by molar-refractivity contribution is -0.384. The van der Waals surface area contributed by atoms with Gasteiger partial charge in [0.2, 0.25) is 5.91 Å². The molecule has 0 atom stereocenters. The van der Waals surface area contributed by atoms with E-state index in [4.69, 9.17) is 23.2 Å². The van der Waals surface area contributed by atoms with Crippen LogP contribution in [0.1, 0.15) is 11.1 Å². The molecule has 3 aromatic rings. The summed E-state index contributed by atoms with van der Waals surface area (Å²) >= 11 is 11.9. The van der Waals surface area contributed by atoms with E-state index in [0.29, 0.717) is 28.0 Å². The van der Waals surface area contributed by atoms with Crippen LogP contribution in [0.15, 0.2) is 60.8 Å². The minimum absolute atomic E-state index is 0.0383. The number of aromatic nitrogens is 2. The molecule has 1 amide bonds. The quantitative estimate of drug-likeness (QED) is 0.355. The monoisotopic (exact) mass is 416 g/mol. The zero-order chi connectivity index (χ0) is 20.1. The third kappa shape index (κ3) is 5.18. The van der Waals surface area contributed by atoms with Crippen molar-refractivity contribution in [2.45, 2.75) is 6.54 Å². The van der Waals surface area contributed by atoms with Gasteiger partial charge in [-0.25, -0.2) is 0 Å². The lowest BCUT2D eigenvalue weighted by Gasteiger charge is -2.04. The van der Waals surface area contributed by atoms with Crippen LogP contribution in [0.4, 0.5) is 11.5 Å². The van der Waals surface area contributed by atoms with E-state index in [9.17, 15) is 14.9 Å². The highest BCUT2D eigenvalue weighted by atomic mass is 35.5. The number of amides is 1. The van der Waals surface area contributed by atoms with Gasteiger partial charge in [-0.1, -0.05) is 41.4 Å². The van der Waals surface area contributed by atoms with Crippen LogP contribution in [-0.2, 0) is 11.3 Å². The van der Waals surface area contributed by atoms with Gasteiger partial charge in [-0.3, -0.25) is 19.6 Å². The van der Waals surface area contributed by atoms with Gasteiger partial charge in [-0.05, 0) is 29.3 Å². The number of rotatable bonds is 6. The number of nitro groups is 1. The number of carbonyl (C=O) groups is 1. The summed E-state index contributed by atoms with van der Waals surface area (Å²) in [5.74, 6) is -0.0138. The molecule has 0 aliphatic rings. The van der Waals surface area contributed by atoms with Gasteiger partial charge in [0.25, 0.3) is 5.69 Å². The van der Waals surface area contributed by atoms with Crippen molar-refractivity contribution >= 4 is 46.7 Å². The first kappa shape index (κ1) is 19.6. The standard InChI is InChI=1S/C19H14Cl2N4O3/c20-16-6-4-14(11-17(16)21)12-24-9-8-18(23-24)22-19(26)7-5-13-2-1-3-15(10-13)25(27)28/h1-11H,12H2,(H,22,23,26)/b7-5+. The number of hydrogen-bond donors (Lipinski definition) is 1. The predicted octanol–water partition coefficient (Wildman–Crippen LogP) is 4.80. The van der Waals surface area contributed by atoms with Crippen LogP contribution >= 0.6 is 23.2 Å². The Morgan fingerprint density at radius 3 is 2.75 bits per heavy atom. The van der Waals surface area contributed by atoms with Crippen molar-refractivity contribution in [2.75, 3.05) is 5.32 Å². The predicted molar refractivity (Wildman–Crippen MR) is 109 cm³/mol. The number of hydrogen-bond acceptors (Lipinski definition) is 4. The Bertz CT molecular complexity index is 1060. The van der Waals surface area contributed by atoms with E-state index >= 15 is 0 Å². The molecule has 0 unspecified atom stereocenters. The van der Waals surface area contributed by atoms with E-state index in [0.717, 1.165) is 5.56 Å². The second-order valence-electron chi connectivity index (χ2n) is 5.82. The fraction of sp³-hybridized carbons (Fsp3) is 0.0526. The summed E-state index contributed by atoms with van der Waals surface area (Å²) in [5, 5.41) is 18.6. The summed E-state index contributed by atoms with van der Waals surface area (Å²) in [7, 11) is 0. The summed E-state index contributed by atoms with van der Waals surface area (Å²) in [6.45, 7) is 0.469. The minimum Gasteiger partial charge on any atom is -0.306 e. The van der Waals surface area contributed by atoms with Crippen LogP contribution in [0.5, 0.6) is 0 Å². The van der Waals surface area contributed by atoms with Gasteiger partial charge in [0.05, 0.1) is 21.5 Å². The van der Waals surface area contributed by atoms with Gasteiger partial charge in [-0.15, -0.1) is 0 Å². The van der Waals surface area contributed by atoms with Gasteiger partial charge in [0.15, 0.2) is 5.82 Å². The maximum atomic E-state index is 12.0. The third-order valence-corrected chi connectivity index (χ3v) is 4.47. The van der Waals surface area contributed by atoms with E-state index in [1.165, 1.54) is 24.3 Å². The highest BCUT2D eigenvalue weighted by Gasteiger charge is 2.06. The molecule has 0 spiro atoms. The van der Waals surface area contributed by atoms with Crippen LogP contribution in [0.25, 0.3) is 6.08 Å². The molecule has 142 valence electrons. The Labute approximate surface area is 170 Å². The molecule has 28 heavy (non-hydrogen) atoms. The molecule has 2 aromatic carbocycles. The van der Waals surface area contributed by atoms with E-state index in [2.05, 4.69) is 10.4 Å².